The fourth-order valence-electron chi connectivity index (χ4n) is 4.92. The SMILES string of the molecule is CCCCNC(=O)[C@H](Cc1ccccc1)N(Cc1cccc(OC)c1)C(=O)CN(c1cccc(Cl)c1)S(=O)(=O)c1ccc(Cl)cc1. The van der Waals surface area contributed by atoms with Gasteiger partial charge < -0.3 is 15.0 Å². The van der Waals surface area contributed by atoms with Crippen molar-refractivity contribution in [2.45, 2.75) is 43.7 Å². The van der Waals surface area contributed by atoms with Gasteiger partial charge >= 0.3 is 0 Å². The number of hydrogen-bond donors (Lipinski definition) is 1. The highest BCUT2D eigenvalue weighted by molar-refractivity contribution is 7.92. The first-order chi connectivity index (χ1) is 22.1. The third kappa shape index (κ3) is 9.25. The number of hydrogen-bond acceptors (Lipinski definition) is 5. The maximum absolute atomic E-state index is 14.5. The van der Waals surface area contributed by atoms with Crippen LogP contribution in [0.4, 0.5) is 5.69 Å². The molecule has 4 rings (SSSR count). The van der Waals surface area contributed by atoms with E-state index < -0.39 is 28.5 Å². The van der Waals surface area contributed by atoms with E-state index in [-0.39, 0.29) is 29.5 Å². The lowest BCUT2D eigenvalue weighted by atomic mass is 10.0. The van der Waals surface area contributed by atoms with E-state index in [9.17, 15) is 18.0 Å². The zero-order valence-electron chi connectivity index (χ0n) is 25.7. The third-order valence-electron chi connectivity index (χ3n) is 7.36. The number of carbonyl (C=O) groups is 2. The Balaban J connectivity index is 1.80. The number of carbonyl (C=O) groups excluding carboxylic acids is 2. The second kappa shape index (κ2) is 16.5. The van der Waals surface area contributed by atoms with E-state index in [0.717, 1.165) is 22.7 Å². The molecule has 0 saturated carbocycles. The predicted molar refractivity (Wildman–Crippen MR) is 183 cm³/mol. The minimum Gasteiger partial charge on any atom is -0.497 e. The van der Waals surface area contributed by atoms with E-state index >= 15 is 0 Å². The van der Waals surface area contributed by atoms with Gasteiger partial charge in [-0.05, 0) is 72.1 Å². The fraction of sp³-hybridized carbons (Fsp3) is 0.257. The van der Waals surface area contributed by atoms with Crippen LogP contribution in [0, 0.1) is 0 Å². The Labute approximate surface area is 280 Å². The summed E-state index contributed by atoms with van der Waals surface area (Å²) in [7, 11) is -2.73. The zero-order valence-corrected chi connectivity index (χ0v) is 28.1. The van der Waals surface area contributed by atoms with Gasteiger partial charge in [0.05, 0.1) is 17.7 Å². The van der Waals surface area contributed by atoms with Crippen LogP contribution in [0.15, 0.2) is 108 Å². The topological polar surface area (TPSA) is 96.0 Å². The molecule has 0 spiro atoms. The van der Waals surface area contributed by atoms with Gasteiger partial charge in [-0.25, -0.2) is 8.42 Å². The quantitative estimate of drug-likeness (QED) is 0.140. The largest absolute Gasteiger partial charge is 0.497 e. The number of unbranched alkanes of at least 4 members (excludes halogenated alkanes) is 1. The Morgan fingerprint density at radius 3 is 2.22 bits per heavy atom. The highest BCUT2D eigenvalue weighted by Crippen LogP contribution is 2.28. The molecule has 0 radical (unpaired) electrons. The molecule has 11 heteroatoms. The van der Waals surface area contributed by atoms with Gasteiger partial charge in [0.15, 0.2) is 0 Å². The van der Waals surface area contributed by atoms with Crippen molar-refractivity contribution in [1.29, 1.82) is 0 Å². The molecule has 0 saturated heterocycles. The van der Waals surface area contributed by atoms with Crippen LogP contribution in [-0.2, 0) is 32.6 Å². The van der Waals surface area contributed by atoms with Crippen molar-refractivity contribution in [3.05, 3.63) is 124 Å². The molecule has 0 aliphatic rings. The van der Waals surface area contributed by atoms with Crippen molar-refractivity contribution < 1.29 is 22.7 Å². The normalized spacial score (nSPS) is 11.8. The maximum Gasteiger partial charge on any atom is 0.264 e. The highest BCUT2D eigenvalue weighted by atomic mass is 35.5. The third-order valence-corrected chi connectivity index (χ3v) is 9.64. The number of ether oxygens (including phenoxy) is 1. The predicted octanol–water partition coefficient (Wildman–Crippen LogP) is 6.75. The van der Waals surface area contributed by atoms with Gasteiger partial charge in [0, 0.05) is 29.6 Å². The van der Waals surface area contributed by atoms with Crippen molar-refractivity contribution in [3.8, 4) is 5.75 Å². The Bertz CT molecular complexity index is 1720. The van der Waals surface area contributed by atoms with Crippen molar-refractivity contribution in [2.75, 3.05) is 24.5 Å². The highest BCUT2D eigenvalue weighted by Gasteiger charge is 2.34. The van der Waals surface area contributed by atoms with Crippen LogP contribution in [0.3, 0.4) is 0 Å². The van der Waals surface area contributed by atoms with Gasteiger partial charge in [-0.15, -0.1) is 0 Å². The first-order valence-corrected chi connectivity index (χ1v) is 17.1. The van der Waals surface area contributed by atoms with E-state index in [1.165, 1.54) is 35.2 Å². The van der Waals surface area contributed by atoms with Gasteiger partial charge in [-0.1, -0.05) is 85.1 Å². The molecule has 46 heavy (non-hydrogen) atoms. The standard InChI is InChI=1S/C35H37Cl2N3O5S/c1-3-4-20-38-35(42)33(22-26-10-6-5-7-11-26)39(24-27-12-8-15-31(21-27)45-2)34(41)25-40(30-14-9-13-29(37)23-30)46(43,44)32-18-16-28(36)17-19-32/h5-19,21,23,33H,3-4,20,22,24-25H2,1-2H3,(H,38,42)/t33-/m0/s1. The Hall–Kier alpha value is -4.05. The van der Waals surface area contributed by atoms with Gasteiger partial charge in [0.2, 0.25) is 11.8 Å². The minimum absolute atomic E-state index is 0.0269. The lowest BCUT2D eigenvalue weighted by Gasteiger charge is -2.34. The first kappa shape index (κ1) is 34.8. The van der Waals surface area contributed by atoms with Gasteiger partial charge in [0.25, 0.3) is 10.0 Å². The van der Waals surface area contributed by atoms with Crippen LogP contribution < -0.4 is 14.4 Å². The van der Waals surface area contributed by atoms with E-state index in [4.69, 9.17) is 27.9 Å². The number of benzene rings is 4. The molecule has 2 amide bonds. The van der Waals surface area contributed by atoms with Gasteiger partial charge in [0.1, 0.15) is 18.3 Å². The van der Waals surface area contributed by atoms with Crippen LogP contribution in [0.1, 0.15) is 30.9 Å². The number of rotatable bonds is 15. The van der Waals surface area contributed by atoms with Crippen LogP contribution >= 0.6 is 23.2 Å². The summed E-state index contributed by atoms with van der Waals surface area (Å²) in [6.07, 6.45) is 1.87. The Kier molecular flexibility index (Phi) is 12.5. The van der Waals surface area contributed by atoms with Crippen LogP contribution in [0.25, 0.3) is 0 Å². The zero-order chi connectivity index (χ0) is 33.1. The van der Waals surface area contributed by atoms with Gasteiger partial charge in [-0.2, -0.15) is 0 Å². The first-order valence-electron chi connectivity index (χ1n) is 14.9. The summed E-state index contributed by atoms with van der Waals surface area (Å²) < 4.78 is 34.6. The van der Waals surface area contributed by atoms with E-state index in [2.05, 4.69) is 5.32 Å². The second-order valence-electron chi connectivity index (χ2n) is 10.7. The molecule has 1 atom stereocenters. The molecule has 4 aromatic carbocycles. The molecule has 4 aromatic rings. The molecule has 8 nitrogen and oxygen atoms in total. The number of methoxy groups -OCH3 is 1. The summed E-state index contributed by atoms with van der Waals surface area (Å²) in [5.41, 5.74) is 1.76. The molecular formula is C35H37Cl2N3O5S. The van der Waals surface area contributed by atoms with Crippen LogP contribution in [0.2, 0.25) is 10.0 Å². The molecular weight excluding hydrogens is 645 g/mol. The summed E-state index contributed by atoms with van der Waals surface area (Å²) in [6, 6.07) is 27.6. The van der Waals surface area contributed by atoms with E-state index in [1.807, 2.05) is 43.3 Å². The summed E-state index contributed by atoms with van der Waals surface area (Å²) >= 11 is 12.3. The van der Waals surface area contributed by atoms with Crippen molar-refractivity contribution in [1.82, 2.24) is 10.2 Å². The summed E-state index contributed by atoms with van der Waals surface area (Å²) in [4.78, 5) is 29.8. The number of amides is 2. The number of anilines is 1. The number of sulfonamides is 1. The number of nitrogens with zero attached hydrogens (tertiary/aromatic N) is 2. The number of halogens is 2. The van der Waals surface area contributed by atoms with E-state index in [0.29, 0.717) is 27.9 Å². The van der Waals surface area contributed by atoms with Crippen molar-refractivity contribution >= 4 is 50.7 Å². The fourth-order valence-corrected chi connectivity index (χ4v) is 6.64. The lowest BCUT2D eigenvalue weighted by molar-refractivity contribution is -0.140. The number of nitrogens with one attached hydrogen (secondary N) is 1. The molecule has 0 bridgehead atoms. The van der Waals surface area contributed by atoms with Crippen LogP contribution in [-0.4, -0.2) is 51.4 Å². The Morgan fingerprint density at radius 1 is 0.848 bits per heavy atom. The lowest BCUT2D eigenvalue weighted by Crippen LogP contribution is -2.53. The smallest absolute Gasteiger partial charge is 0.264 e. The van der Waals surface area contributed by atoms with E-state index in [1.54, 1.807) is 43.5 Å². The molecule has 0 aliphatic heterocycles. The van der Waals surface area contributed by atoms with Crippen LogP contribution in [0.5, 0.6) is 5.75 Å². The minimum atomic E-state index is -4.27. The molecule has 0 fully saturated rings. The van der Waals surface area contributed by atoms with Gasteiger partial charge in [-0.3, -0.25) is 13.9 Å². The molecule has 0 aromatic heterocycles. The Morgan fingerprint density at radius 2 is 1.54 bits per heavy atom. The molecule has 0 heterocycles. The van der Waals surface area contributed by atoms with Crippen molar-refractivity contribution in [3.63, 3.8) is 0 Å². The summed E-state index contributed by atoms with van der Waals surface area (Å²) in [5.74, 6) is -0.321. The molecule has 242 valence electrons. The van der Waals surface area contributed by atoms with Crippen molar-refractivity contribution in [2.24, 2.45) is 0 Å². The molecule has 1 N–H and O–H groups in total. The molecule has 0 unspecified atom stereocenters. The summed E-state index contributed by atoms with van der Waals surface area (Å²) in [5, 5.41) is 3.65. The maximum atomic E-state index is 14.5. The monoisotopic (exact) mass is 681 g/mol. The second-order valence-corrected chi connectivity index (χ2v) is 13.4. The average Bonchev–Trinajstić information content (AvgIpc) is 3.05. The average molecular weight is 683 g/mol. The molecule has 0 aliphatic carbocycles. The summed E-state index contributed by atoms with van der Waals surface area (Å²) in [6.45, 7) is 1.90.